The van der Waals surface area contributed by atoms with E-state index >= 15 is 0 Å². The fourth-order valence-corrected chi connectivity index (χ4v) is 7.25. The van der Waals surface area contributed by atoms with E-state index in [1.54, 1.807) is 11.3 Å². The van der Waals surface area contributed by atoms with Gasteiger partial charge in [-0.25, -0.2) is 4.98 Å². The molecule has 2 aromatic rings. The van der Waals surface area contributed by atoms with E-state index in [-0.39, 0.29) is 17.7 Å². The first kappa shape index (κ1) is 22.4. The van der Waals surface area contributed by atoms with Crippen LogP contribution in [0.3, 0.4) is 0 Å². The molecule has 0 N–H and O–H groups in total. The maximum absolute atomic E-state index is 13.4. The molecule has 0 radical (unpaired) electrons. The number of carbonyl (C=O) groups is 1. The monoisotopic (exact) mass is 462 g/mol. The predicted molar refractivity (Wildman–Crippen MR) is 124 cm³/mol. The normalized spacial score (nSPS) is 23.0. The van der Waals surface area contributed by atoms with Crippen LogP contribution in [-0.2, 0) is 15.0 Å². The zero-order valence-corrected chi connectivity index (χ0v) is 19.7. The Morgan fingerprint density at radius 3 is 2.45 bits per heavy atom. The van der Waals surface area contributed by atoms with Crippen LogP contribution >= 0.6 is 11.3 Å². The Kier molecular flexibility index (Phi) is 6.76. The topological polar surface area (TPSA) is 73.8 Å². The van der Waals surface area contributed by atoms with Crippen molar-refractivity contribution in [2.24, 2.45) is 5.92 Å². The molecule has 9 heteroatoms. The minimum absolute atomic E-state index is 0.0762. The summed E-state index contributed by atoms with van der Waals surface area (Å²) in [5.41, 5.74) is 0.985. The molecule has 1 saturated heterocycles. The molecular weight excluding hydrogens is 432 g/mol. The number of carbonyl (C=O) groups excluding carboxylic acids is 1. The second-order valence-corrected chi connectivity index (χ2v) is 11.0. The smallest absolute Gasteiger partial charge is 0.282 e. The largest absolute Gasteiger partial charge is 0.340 e. The van der Waals surface area contributed by atoms with Gasteiger partial charge in [-0.05, 0) is 25.0 Å². The number of hydrogen-bond donors (Lipinski definition) is 0. The lowest BCUT2D eigenvalue weighted by atomic mass is 9.82. The van der Waals surface area contributed by atoms with Gasteiger partial charge in [-0.3, -0.25) is 4.79 Å². The number of para-hydroxylation sites is 1. The van der Waals surface area contributed by atoms with Crippen LogP contribution < -0.4 is 0 Å². The third kappa shape index (κ3) is 4.41. The number of benzene rings is 1. The fraction of sp³-hybridized carbons (Fsp3) is 0.545. The molecule has 2 aliphatic rings. The van der Waals surface area contributed by atoms with Gasteiger partial charge in [0.2, 0.25) is 5.91 Å². The van der Waals surface area contributed by atoms with E-state index in [4.69, 9.17) is 4.98 Å². The van der Waals surface area contributed by atoms with Crippen LogP contribution in [0.15, 0.2) is 36.4 Å². The molecule has 0 saturated carbocycles. The highest BCUT2D eigenvalue weighted by molar-refractivity contribution is 7.86. The molecule has 1 aliphatic heterocycles. The Morgan fingerprint density at radius 1 is 1.10 bits per heavy atom. The Bertz CT molecular complexity index is 1020. The summed E-state index contributed by atoms with van der Waals surface area (Å²) < 4.78 is 29.7. The number of rotatable bonds is 6. The lowest BCUT2D eigenvalue weighted by molar-refractivity contribution is -0.137. The number of fused-ring (bicyclic) bond motifs is 1. The van der Waals surface area contributed by atoms with Crippen molar-refractivity contribution in [2.45, 2.75) is 32.6 Å². The van der Waals surface area contributed by atoms with E-state index in [0.717, 1.165) is 21.6 Å². The fourth-order valence-electron chi connectivity index (χ4n) is 4.50. The van der Waals surface area contributed by atoms with Gasteiger partial charge in [0.1, 0.15) is 0 Å². The molecule has 1 aliphatic carbocycles. The van der Waals surface area contributed by atoms with Gasteiger partial charge in [0.15, 0.2) is 0 Å². The standard InChI is InChI=1S/C22H30N4O3S2/c1-3-25(4-2)31(28,29)26-15-13-24(14-16-26)22(27)18-10-6-5-9-17(18)21-23-19-11-7-8-12-20(19)30-21/h5-8,11-12,17-18H,3-4,9-10,13-16H2,1-2H3. The van der Waals surface area contributed by atoms with E-state index in [0.29, 0.717) is 45.7 Å². The number of hydrogen-bond acceptors (Lipinski definition) is 5. The van der Waals surface area contributed by atoms with Crippen molar-refractivity contribution in [1.29, 1.82) is 0 Å². The van der Waals surface area contributed by atoms with Gasteiger partial charge in [0, 0.05) is 45.2 Å². The zero-order chi connectivity index (χ0) is 22.0. The second-order valence-electron chi connectivity index (χ2n) is 7.99. The molecule has 1 aromatic heterocycles. The number of thiazole rings is 1. The number of amides is 1. The van der Waals surface area contributed by atoms with Crippen LogP contribution in [0.4, 0.5) is 0 Å². The van der Waals surface area contributed by atoms with E-state index in [1.807, 2.05) is 36.9 Å². The van der Waals surface area contributed by atoms with Crippen molar-refractivity contribution in [2.75, 3.05) is 39.3 Å². The van der Waals surface area contributed by atoms with Crippen molar-refractivity contribution >= 4 is 37.7 Å². The van der Waals surface area contributed by atoms with Gasteiger partial charge < -0.3 is 4.90 Å². The molecule has 2 atom stereocenters. The highest BCUT2D eigenvalue weighted by atomic mass is 32.2. The van der Waals surface area contributed by atoms with Gasteiger partial charge in [-0.2, -0.15) is 17.0 Å². The summed E-state index contributed by atoms with van der Waals surface area (Å²) in [5, 5.41) is 1.02. The van der Waals surface area contributed by atoms with Crippen LogP contribution in [0.25, 0.3) is 10.2 Å². The first-order valence-corrected chi connectivity index (χ1v) is 13.2. The molecule has 1 amide bonds. The van der Waals surface area contributed by atoms with Crippen LogP contribution in [0.5, 0.6) is 0 Å². The summed E-state index contributed by atoms with van der Waals surface area (Å²) >= 11 is 1.67. The van der Waals surface area contributed by atoms with E-state index in [2.05, 4.69) is 18.2 Å². The first-order chi connectivity index (χ1) is 15.0. The third-order valence-electron chi connectivity index (χ3n) is 6.29. The number of nitrogens with zero attached hydrogens (tertiary/aromatic N) is 4. The summed E-state index contributed by atoms with van der Waals surface area (Å²) in [7, 11) is -3.46. The molecule has 2 heterocycles. The Hall–Kier alpha value is -1.81. The Labute approximate surface area is 188 Å². The SMILES string of the molecule is CCN(CC)S(=O)(=O)N1CCN(C(=O)C2CC=CCC2c2nc3ccccc3s2)CC1. The molecule has 2 unspecified atom stereocenters. The molecule has 1 aromatic carbocycles. The maximum atomic E-state index is 13.4. The summed E-state index contributed by atoms with van der Waals surface area (Å²) in [4.78, 5) is 20.1. The maximum Gasteiger partial charge on any atom is 0.282 e. The van der Waals surface area contributed by atoms with Gasteiger partial charge in [-0.1, -0.05) is 38.1 Å². The summed E-state index contributed by atoms with van der Waals surface area (Å²) in [5.74, 6) is 0.0531. The molecule has 0 bridgehead atoms. The molecule has 31 heavy (non-hydrogen) atoms. The van der Waals surface area contributed by atoms with Crippen molar-refractivity contribution in [3.63, 3.8) is 0 Å². The third-order valence-corrected chi connectivity index (χ3v) is 9.64. The molecular formula is C22H30N4O3S2. The minimum atomic E-state index is -3.46. The predicted octanol–water partition coefficient (Wildman–Crippen LogP) is 3.08. The lowest BCUT2D eigenvalue weighted by Gasteiger charge is -2.38. The quantitative estimate of drug-likeness (QED) is 0.619. The average molecular weight is 463 g/mol. The van der Waals surface area contributed by atoms with Gasteiger partial charge >= 0.3 is 0 Å². The zero-order valence-electron chi connectivity index (χ0n) is 18.1. The molecule has 4 rings (SSSR count). The second kappa shape index (κ2) is 9.36. The van der Waals surface area contributed by atoms with Gasteiger partial charge in [0.05, 0.1) is 21.1 Å². The number of piperazine rings is 1. The Balaban J connectivity index is 1.47. The van der Waals surface area contributed by atoms with Gasteiger partial charge in [-0.15, -0.1) is 11.3 Å². The Morgan fingerprint density at radius 2 is 1.77 bits per heavy atom. The average Bonchev–Trinajstić information content (AvgIpc) is 3.23. The summed E-state index contributed by atoms with van der Waals surface area (Å²) in [6.07, 6.45) is 5.76. The van der Waals surface area contributed by atoms with Crippen molar-refractivity contribution in [1.82, 2.24) is 18.5 Å². The van der Waals surface area contributed by atoms with Crippen LogP contribution in [-0.4, -0.2) is 72.1 Å². The van der Waals surface area contributed by atoms with E-state index in [1.165, 1.54) is 8.61 Å². The highest BCUT2D eigenvalue weighted by Gasteiger charge is 2.38. The number of allylic oxidation sites excluding steroid dienone is 2. The first-order valence-electron chi connectivity index (χ1n) is 11.0. The van der Waals surface area contributed by atoms with E-state index in [9.17, 15) is 13.2 Å². The highest BCUT2D eigenvalue weighted by Crippen LogP contribution is 2.39. The van der Waals surface area contributed by atoms with Crippen LogP contribution in [0.2, 0.25) is 0 Å². The van der Waals surface area contributed by atoms with Gasteiger partial charge in [0.25, 0.3) is 10.2 Å². The van der Waals surface area contributed by atoms with Crippen molar-refractivity contribution < 1.29 is 13.2 Å². The van der Waals surface area contributed by atoms with Crippen molar-refractivity contribution in [3.8, 4) is 0 Å². The van der Waals surface area contributed by atoms with Crippen LogP contribution in [0, 0.1) is 5.92 Å². The lowest BCUT2D eigenvalue weighted by Crippen LogP contribution is -2.55. The van der Waals surface area contributed by atoms with Crippen LogP contribution in [0.1, 0.15) is 37.6 Å². The molecule has 7 nitrogen and oxygen atoms in total. The number of aromatic nitrogens is 1. The molecule has 168 valence electrons. The molecule has 1 fully saturated rings. The summed E-state index contributed by atoms with van der Waals surface area (Å²) in [6, 6.07) is 8.09. The molecule has 0 spiro atoms. The van der Waals surface area contributed by atoms with E-state index < -0.39 is 10.2 Å². The summed E-state index contributed by atoms with van der Waals surface area (Å²) in [6.45, 7) is 6.17. The van der Waals surface area contributed by atoms with Crippen molar-refractivity contribution in [3.05, 3.63) is 41.4 Å². The minimum Gasteiger partial charge on any atom is -0.340 e.